The summed E-state index contributed by atoms with van der Waals surface area (Å²) in [6, 6.07) is 8.86. The number of aromatic nitrogens is 1. The molecule has 0 bridgehead atoms. The van der Waals surface area contributed by atoms with Crippen molar-refractivity contribution in [3.63, 3.8) is 0 Å². The maximum atomic E-state index is 5.11. The van der Waals surface area contributed by atoms with Crippen LogP contribution in [0.25, 0.3) is 10.9 Å². The maximum absolute atomic E-state index is 5.11. The van der Waals surface area contributed by atoms with Gasteiger partial charge in [0, 0.05) is 43.9 Å². The van der Waals surface area contributed by atoms with E-state index in [0.717, 1.165) is 39.1 Å². The Kier molecular flexibility index (Phi) is 6.27. The molecule has 3 nitrogen and oxygen atoms in total. The van der Waals surface area contributed by atoms with Crippen LogP contribution in [0.1, 0.15) is 32.3 Å². The van der Waals surface area contributed by atoms with Crippen molar-refractivity contribution in [2.75, 3.05) is 20.3 Å². The lowest BCUT2D eigenvalue weighted by atomic mass is 10.1. The van der Waals surface area contributed by atoms with Crippen LogP contribution in [0.4, 0.5) is 0 Å². The van der Waals surface area contributed by atoms with Gasteiger partial charge in [-0.05, 0) is 43.0 Å². The number of hydrogen-bond acceptors (Lipinski definition) is 2. The van der Waals surface area contributed by atoms with Crippen molar-refractivity contribution in [2.45, 2.75) is 39.8 Å². The molecule has 0 aliphatic heterocycles. The molecular weight excluding hydrogens is 260 g/mol. The van der Waals surface area contributed by atoms with E-state index in [1.54, 1.807) is 7.11 Å². The summed E-state index contributed by atoms with van der Waals surface area (Å²) in [6.45, 7) is 8.41. The average molecular weight is 288 g/mol. The minimum Gasteiger partial charge on any atom is -0.385 e. The lowest BCUT2D eigenvalue weighted by Gasteiger charge is -2.10. The first-order valence-corrected chi connectivity index (χ1v) is 7.98. The second-order valence-corrected chi connectivity index (χ2v) is 6.08. The monoisotopic (exact) mass is 288 g/mol. The molecule has 1 aromatic heterocycles. The molecule has 1 heterocycles. The van der Waals surface area contributed by atoms with Gasteiger partial charge in [-0.1, -0.05) is 26.0 Å². The van der Waals surface area contributed by atoms with Crippen molar-refractivity contribution >= 4 is 10.9 Å². The summed E-state index contributed by atoms with van der Waals surface area (Å²) in [7, 11) is 1.77. The number of aryl methyl sites for hydroxylation is 1. The van der Waals surface area contributed by atoms with E-state index in [1.807, 2.05) is 0 Å². The quantitative estimate of drug-likeness (QED) is 0.710. The van der Waals surface area contributed by atoms with E-state index in [9.17, 15) is 0 Å². The molecule has 0 spiro atoms. The van der Waals surface area contributed by atoms with Gasteiger partial charge in [0.25, 0.3) is 0 Å². The predicted molar refractivity (Wildman–Crippen MR) is 89.6 cm³/mol. The first-order chi connectivity index (χ1) is 10.2. The van der Waals surface area contributed by atoms with E-state index in [0.29, 0.717) is 5.92 Å². The molecule has 0 aliphatic carbocycles. The van der Waals surface area contributed by atoms with Gasteiger partial charge in [-0.2, -0.15) is 0 Å². The summed E-state index contributed by atoms with van der Waals surface area (Å²) in [5.41, 5.74) is 2.74. The molecule has 0 atom stereocenters. The van der Waals surface area contributed by atoms with Crippen LogP contribution in [-0.2, 0) is 17.8 Å². The Hall–Kier alpha value is -1.32. The Bertz CT molecular complexity index is 545. The van der Waals surface area contributed by atoms with Gasteiger partial charge in [-0.3, -0.25) is 0 Å². The van der Waals surface area contributed by atoms with E-state index >= 15 is 0 Å². The second-order valence-electron chi connectivity index (χ2n) is 6.08. The summed E-state index contributed by atoms with van der Waals surface area (Å²) < 4.78 is 7.47. The van der Waals surface area contributed by atoms with Crippen LogP contribution in [0.5, 0.6) is 0 Å². The SMILES string of the molecule is COCCCCn1ccc2c(CNCC(C)C)cccc21. The summed E-state index contributed by atoms with van der Waals surface area (Å²) in [5, 5.41) is 4.91. The van der Waals surface area contributed by atoms with Gasteiger partial charge >= 0.3 is 0 Å². The fourth-order valence-electron chi connectivity index (χ4n) is 2.66. The van der Waals surface area contributed by atoms with Crippen LogP contribution in [0.2, 0.25) is 0 Å². The fourth-order valence-corrected chi connectivity index (χ4v) is 2.66. The number of ether oxygens (including phenoxy) is 1. The molecule has 2 aromatic rings. The normalized spacial score (nSPS) is 11.6. The molecule has 0 amide bonds. The number of methoxy groups -OCH3 is 1. The Morgan fingerprint density at radius 3 is 2.81 bits per heavy atom. The zero-order valence-corrected chi connectivity index (χ0v) is 13.6. The van der Waals surface area contributed by atoms with E-state index < -0.39 is 0 Å². The smallest absolute Gasteiger partial charge is 0.0483 e. The molecule has 0 radical (unpaired) electrons. The van der Waals surface area contributed by atoms with E-state index in [1.165, 1.54) is 16.5 Å². The first-order valence-electron chi connectivity index (χ1n) is 7.98. The van der Waals surface area contributed by atoms with E-state index in [2.05, 4.69) is 54.2 Å². The van der Waals surface area contributed by atoms with Crippen molar-refractivity contribution in [1.29, 1.82) is 0 Å². The average Bonchev–Trinajstić information content (AvgIpc) is 2.87. The van der Waals surface area contributed by atoms with Crippen molar-refractivity contribution in [3.8, 4) is 0 Å². The lowest BCUT2D eigenvalue weighted by molar-refractivity contribution is 0.191. The third-order valence-electron chi connectivity index (χ3n) is 3.77. The van der Waals surface area contributed by atoms with Crippen LogP contribution in [0, 0.1) is 5.92 Å². The first kappa shape index (κ1) is 16.1. The van der Waals surface area contributed by atoms with Crippen molar-refractivity contribution in [3.05, 3.63) is 36.0 Å². The molecule has 0 unspecified atom stereocenters. The highest BCUT2D eigenvalue weighted by atomic mass is 16.5. The Balaban J connectivity index is 2.02. The number of rotatable bonds is 9. The molecule has 1 aromatic carbocycles. The maximum Gasteiger partial charge on any atom is 0.0483 e. The number of nitrogens with one attached hydrogen (secondary N) is 1. The molecule has 0 fully saturated rings. The van der Waals surface area contributed by atoms with Gasteiger partial charge in [0.05, 0.1) is 0 Å². The van der Waals surface area contributed by atoms with Crippen molar-refractivity contribution in [2.24, 2.45) is 5.92 Å². The highest BCUT2D eigenvalue weighted by molar-refractivity contribution is 5.83. The zero-order valence-electron chi connectivity index (χ0n) is 13.6. The van der Waals surface area contributed by atoms with E-state index in [-0.39, 0.29) is 0 Å². The van der Waals surface area contributed by atoms with Crippen LogP contribution in [-0.4, -0.2) is 24.8 Å². The Morgan fingerprint density at radius 1 is 1.19 bits per heavy atom. The minimum absolute atomic E-state index is 0.689. The van der Waals surface area contributed by atoms with Crippen LogP contribution < -0.4 is 5.32 Å². The topological polar surface area (TPSA) is 26.2 Å². The number of benzene rings is 1. The zero-order chi connectivity index (χ0) is 15.1. The van der Waals surface area contributed by atoms with Crippen LogP contribution in [0.15, 0.2) is 30.5 Å². The lowest BCUT2D eigenvalue weighted by Crippen LogP contribution is -2.19. The highest BCUT2D eigenvalue weighted by Crippen LogP contribution is 2.21. The fraction of sp³-hybridized carbons (Fsp3) is 0.556. The number of unbranched alkanes of at least 4 members (excludes halogenated alkanes) is 1. The molecule has 116 valence electrons. The minimum atomic E-state index is 0.689. The van der Waals surface area contributed by atoms with Crippen molar-refractivity contribution < 1.29 is 4.74 Å². The summed E-state index contributed by atoms with van der Waals surface area (Å²) >= 11 is 0. The van der Waals surface area contributed by atoms with Gasteiger partial charge in [0.2, 0.25) is 0 Å². The van der Waals surface area contributed by atoms with Crippen LogP contribution in [0.3, 0.4) is 0 Å². The van der Waals surface area contributed by atoms with Gasteiger partial charge < -0.3 is 14.6 Å². The molecule has 21 heavy (non-hydrogen) atoms. The van der Waals surface area contributed by atoms with Gasteiger partial charge in [-0.25, -0.2) is 0 Å². The molecule has 2 rings (SSSR count). The van der Waals surface area contributed by atoms with Crippen molar-refractivity contribution in [1.82, 2.24) is 9.88 Å². The largest absolute Gasteiger partial charge is 0.385 e. The number of fused-ring (bicyclic) bond motifs is 1. The molecular formula is C18H28N2O. The summed E-state index contributed by atoms with van der Waals surface area (Å²) in [6.07, 6.45) is 4.49. The van der Waals surface area contributed by atoms with Crippen LogP contribution >= 0.6 is 0 Å². The molecule has 0 saturated heterocycles. The predicted octanol–water partition coefficient (Wildman–Crippen LogP) is 3.81. The summed E-state index contributed by atoms with van der Waals surface area (Å²) in [4.78, 5) is 0. The molecule has 0 aliphatic rings. The number of nitrogens with zero attached hydrogens (tertiary/aromatic N) is 1. The van der Waals surface area contributed by atoms with Gasteiger partial charge in [-0.15, -0.1) is 0 Å². The standard InChI is InChI=1S/C18H28N2O/c1-15(2)13-19-14-16-7-6-8-18-17(16)9-11-20(18)10-4-5-12-21-3/h6-9,11,15,19H,4-5,10,12-14H2,1-3H3. The molecule has 3 heteroatoms. The third-order valence-corrected chi connectivity index (χ3v) is 3.77. The highest BCUT2D eigenvalue weighted by Gasteiger charge is 2.05. The van der Waals surface area contributed by atoms with Gasteiger partial charge in [0.15, 0.2) is 0 Å². The van der Waals surface area contributed by atoms with E-state index in [4.69, 9.17) is 4.74 Å². The molecule has 1 N–H and O–H groups in total. The third kappa shape index (κ3) is 4.58. The molecule has 0 saturated carbocycles. The number of hydrogen-bond donors (Lipinski definition) is 1. The second kappa shape index (κ2) is 8.20. The Morgan fingerprint density at radius 2 is 2.05 bits per heavy atom. The van der Waals surface area contributed by atoms with Gasteiger partial charge in [0.1, 0.15) is 0 Å². The summed E-state index contributed by atoms with van der Waals surface area (Å²) in [5.74, 6) is 0.689. The Labute approximate surface area is 128 Å².